The van der Waals surface area contributed by atoms with Crippen LogP contribution >= 0.6 is 0 Å². The third kappa shape index (κ3) is 2.70. The minimum atomic E-state index is -0.199. The molecule has 0 aromatic rings. The van der Waals surface area contributed by atoms with Gasteiger partial charge >= 0.3 is 0 Å². The molecule has 1 unspecified atom stereocenters. The van der Waals surface area contributed by atoms with Gasteiger partial charge in [-0.2, -0.15) is 5.26 Å². The second-order valence-corrected chi connectivity index (χ2v) is 2.47. The lowest BCUT2D eigenvalue weighted by Crippen LogP contribution is -2.37. The van der Waals surface area contributed by atoms with Crippen LogP contribution in [0.3, 0.4) is 0 Å². The van der Waals surface area contributed by atoms with E-state index in [2.05, 4.69) is 5.32 Å². The number of ether oxygens (including phenoxy) is 1. The minimum Gasteiger partial charge on any atom is -0.377 e. The monoisotopic (exact) mass is 142 g/mol. The summed E-state index contributed by atoms with van der Waals surface area (Å²) < 4.78 is 5.18. The van der Waals surface area contributed by atoms with Gasteiger partial charge in [0.25, 0.3) is 0 Å². The SMILES string of the molecule is CCC(C)(CNC#N)OC. The van der Waals surface area contributed by atoms with Gasteiger partial charge in [0.1, 0.15) is 0 Å². The molecule has 0 bridgehead atoms. The highest BCUT2D eigenvalue weighted by Crippen LogP contribution is 2.11. The Morgan fingerprint density at radius 2 is 2.30 bits per heavy atom. The Morgan fingerprint density at radius 1 is 1.70 bits per heavy atom. The van der Waals surface area contributed by atoms with E-state index in [0.29, 0.717) is 6.54 Å². The molecule has 3 heteroatoms. The van der Waals surface area contributed by atoms with E-state index in [1.807, 2.05) is 20.0 Å². The summed E-state index contributed by atoms with van der Waals surface area (Å²) in [6.45, 7) is 4.58. The number of hydrogen-bond acceptors (Lipinski definition) is 3. The molecular weight excluding hydrogens is 128 g/mol. The van der Waals surface area contributed by atoms with Crippen molar-refractivity contribution >= 4 is 0 Å². The Bertz CT molecular complexity index is 124. The molecule has 0 saturated heterocycles. The molecule has 58 valence electrons. The third-order valence-corrected chi connectivity index (χ3v) is 1.78. The molecule has 0 aliphatic rings. The van der Waals surface area contributed by atoms with E-state index in [9.17, 15) is 0 Å². The normalized spacial score (nSPS) is 15.4. The van der Waals surface area contributed by atoms with Gasteiger partial charge in [-0.1, -0.05) is 6.92 Å². The van der Waals surface area contributed by atoms with Crippen LogP contribution in [-0.4, -0.2) is 19.3 Å². The second kappa shape index (κ2) is 4.13. The molecule has 1 atom stereocenters. The molecule has 10 heavy (non-hydrogen) atoms. The Balaban J connectivity index is 3.71. The summed E-state index contributed by atoms with van der Waals surface area (Å²) in [6.07, 6.45) is 2.76. The minimum absolute atomic E-state index is 0.199. The summed E-state index contributed by atoms with van der Waals surface area (Å²) in [4.78, 5) is 0. The number of nitriles is 1. The van der Waals surface area contributed by atoms with Crippen molar-refractivity contribution in [3.8, 4) is 6.19 Å². The summed E-state index contributed by atoms with van der Waals surface area (Å²) in [5.74, 6) is 0. The van der Waals surface area contributed by atoms with Crippen molar-refractivity contribution in [2.45, 2.75) is 25.9 Å². The first kappa shape index (κ1) is 9.25. The lowest BCUT2D eigenvalue weighted by atomic mass is 10.0. The molecule has 0 heterocycles. The van der Waals surface area contributed by atoms with E-state index in [-0.39, 0.29) is 5.60 Å². The summed E-state index contributed by atoms with van der Waals surface area (Å²) >= 11 is 0. The molecule has 0 amide bonds. The largest absolute Gasteiger partial charge is 0.377 e. The fourth-order valence-corrected chi connectivity index (χ4v) is 0.568. The quantitative estimate of drug-likeness (QED) is 0.468. The van der Waals surface area contributed by atoms with Crippen molar-refractivity contribution in [2.75, 3.05) is 13.7 Å². The summed E-state index contributed by atoms with van der Waals surface area (Å²) in [7, 11) is 1.66. The van der Waals surface area contributed by atoms with Crippen LogP contribution in [0.1, 0.15) is 20.3 Å². The zero-order valence-corrected chi connectivity index (χ0v) is 6.77. The highest BCUT2D eigenvalue weighted by Gasteiger charge is 2.19. The van der Waals surface area contributed by atoms with E-state index < -0.39 is 0 Å². The first-order valence-corrected chi connectivity index (χ1v) is 3.35. The van der Waals surface area contributed by atoms with E-state index in [1.54, 1.807) is 7.11 Å². The van der Waals surface area contributed by atoms with Crippen molar-refractivity contribution in [3.05, 3.63) is 0 Å². The van der Waals surface area contributed by atoms with E-state index in [0.717, 1.165) is 6.42 Å². The molecule has 0 radical (unpaired) electrons. The molecule has 0 aliphatic heterocycles. The summed E-state index contributed by atoms with van der Waals surface area (Å²) in [6, 6.07) is 0. The molecule has 0 aromatic carbocycles. The highest BCUT2D eigenvalue weighted by molar-refractivity contribution is 4.79. The molecule has 0 spiro atoms. The van der Waals surface area contributed by atoms with E-state index >= 15 is 0 Å². The zero-order valence-electron chi connectivity index (χ0n) is 6.77. The van der Waals surface area contributed by atoms with E-state index in [1.165, 1.54) is 0 Å². The van der Waals surface area contributed by atoms with Crippen molar-refractivity contribution in [3.63, 3.8) is 0 Å². The lowest BCUT2D eigenvalue weighted by Gasteiger charge is -2.25. The molecule has 0 saturated carbocycles. The van der Waals surface area contributed by atoms with Gasteiger partial charge < -0.3 is 10.1 Å². The number of rotatable bonds is 4. The smallest absolute Gasteiger partial charge is 0.176 e. The Labute approximate surface area is 62.0 Å². The second-order valence-electron chi connectivity index (χ2n) is 2.47. The van der Waals surface area contributed by atoms with Crippen LogP contribution in [0, 0.1) is 11.5 Å². The molecule has 0 aliphatic carbocycles. The average Bonchev–Trinajstić information content (AvgIpc) is 2.00. The number of nitrogens with zero attached hydrogens (tertiary/aromatic N) is 1. The average molecular weight is 142 g/mol. The first-order valence-electron chi connectivity index (χ1n) is 3.35. The van der Waals surface area contributed by atoms with Crippen molar-refractivity contribution in [2.24, 2.45) is 0 Å². The molecule has 0 fully saturated rings. The predicted octanol–water partition coefficient (Wildman–Crippen LogP) is 0.872. The fourth-order valence-electron chi connectivity index (χ4n) is 0.568. The molecule has 1 N–H and O–H groups in total. The highest BCUT2D eigenvalue weighted by atomic mass is 16.5. The van der Waals surface area contributed by atoms with Crippen LogP contribution in [0.2, 0.25) is 0 Å². The van der Waals surface area contributed by atoms with Crippen LogP contribution in [-0.2, 0) is 4.74 Å². The van der Waals surface area contributed by atoms with Gasteiger partial charge in [-0.15, -0.1) is 0 Å². The van der Waals surface area contributed by atoms with Gasteiger partial charge in [0.2, 0.25) is 0 Å². The Hall–Kier alpha value is -0.750. The van der Waals surface area contributed by atoms with Gasteiger partial charge in [0, 0.05) is 7.11 Å². The lowest BCUT2D eigenvalue weighted by molar-refractivity contribution is 0.00662. The molecule has 3 nitrogen and oxygen atoms in total. The maximum atomic E-state index is 8.20. The van der Waals surface area contributed by atoms with Gasteiger partial charge in [-0.05, 0) is 13.3 Å². The van der Waals surface area contributed by atoms with E-state index in [4.69, 9.17) is 10.00 Å². The first-order chi connectivity index (χ1) is 4.68. The zero-order chi connectivity index (χ0) is 8.04. The van der Waals surface area contributed by atoms with Gasteiger partial charge in [0.15, 0.2) is 6.19 Å². The van der Waals surface area contributed by atoms with Crippen molar-refractivity contribution < 1.29 is 4.74 Å². The molecule has 0 rings (SSSR count). The van der Waals surface area contributed by atoms with Crippen molar-refractivity contribution in [1.82, 2.24) is 5.32 Å². The molecule has 0 aromatic heterocycles. The van der Waals surface area contributed by atoms with Crippen LogP contribution in [0.25, 0.3) is 0 Å². The van der Waals surface area contributed by atoms with Gasteiger partial charge in [0.05, 0.1) is 12.1 Å². The fraction of sp³-hybridized carbons (Fsp3) is 0.857. The summed E-state index contributed by atoms with van der Waals surface area (Å²) in [5, 5.41) is 10.8. The van der Waals surface area contributed by atoms with Crippen LogP contribution in [0.4, 0.5) is 0 Å². The molecular formula is C7H14N2O. The summed E-state index contributed by atoms with van der Waals surface area (Å²) in [5.41, 5.74) is -0.199. The maximum absolute atomic E-state index is 8.20. The van der Waals surface area contributed by atoms with Crippen LogP contribution in [0.15, 0.2) is 0 Å². The Morgan fingerprint density at radius 3 is 2.60 bits per heavy atom. The van der Waals surface area contributed by atoms with Gasteiger partial charge in [-0.25, -0.2) is 0 Å². The predicted molar refractivity (Wildman–Crippen MR) is 39.3 cm³/mol. The topological polar surface area (TPSA) is 45.0 Å². The van der Waals surface area contributed by atoms with Crippen LogP contribution < -0.4 is 5.32 Å². The Kier molecular flexibility index (Phi) is 3.82. The number of nitrogens with one attached hydrogen (secondary N) is 1. The standard InChI is InChI=1S/C7H14N2O/c1-4-7(2,10-3)5-9-6-8/h9H,4-5H2,1-3H3. The number of hydrogen-bond donors (Lipinski definition) is 1. The maximum Gasteiger partial charge on any atom is 0.176 e. The van der Waals surface area contributed by atoms with Gasteiger partial charge in [-0.3, -0.25) is 0 Å². The van der Waals surface area contributed by atoms with Crippen molar-refractivity contribution in [1.29, 1.82) is 5.26 Å². The van der Waals surface area contributed by atoms with Crippen LogP contribution in [0.5, 0.6) is 0 Å². The number of methoxy groups -OCH3 is 1. The third-order valence-electron chi connectivity index (χ3n) is 1.78.